The zero-order chi connectivity index (χ0) is 20.2. The average molecular weight is 394 g/mol. The third-order valence-electron chi connectivity index (χ3n) is 4.95. The zero-order valence-corrected chi connectivity index (χ0v) is 16.4. The highest BCUT2D eigenvalue weighted by Gasteiger charge is 2.29. The lowest BCUT2D eigenvalue weighted by Crippen LogP contribution is -2.38. The summed E-state index contributed by atoms with van der Waals surface area (Å²) in [7, 11) is 1.61. The lowest BCUT2D eigenvalue weighted by molar-refractivity contribution is 0.0705. The van der Waals surface area contributed by atoms with E-state index in [-0.39, 0.29) is 11.8 Å². The van der Waals surface area contributed by atoms with Crippen LogP contribution >= 0.6 is 0 Å². The van der Waals surface area contributed by atoms with Crippen LogP contribution in [0.1, 0.15) is 40.8 Å². The minimum absolute atomic E-state index is 0.104. The van der Waals surface area contributed by atoms with Gasteiger partial charge in [-0.05, 0) is 25.0 Å². The molecule has 1 aliphatic heterocycles. The Bertz CT molecular complexity index is 996. The zero-order valence-electron chi connectivity index (χ0n) is 16.4. The first kappa shape index (κ1) is 18.9. The first-order chi connectivity index (χ1) is 14.1. The van der Waals surface area contributed by atoms with Gasteiger partial charge >= 0.3 is 0 Å². The van der Waals surface area contributed by atoms with Crippen molar-refractivity contribution in [2.24, 2.45) is 0 Å². The van der Waals surface area contributed by atoms with E-state index in [1.54, 1.807) is 37.4 Å². The second kappa shape index (κ2) is 8.30. The molecule has 0 spiro atoms. The number of nitrogens with zero attached hydrogens (tertiary/aromatic N) is 4. The molecule has 3 heterocycles. The quantitative estimate of drug-likeness (QED) is 0.653. The number of methoxy groups -OCH3 is 1. The molecule has 0 aliphatic carbocycles. The highest BCUT2D eigenvalue weighted by Crippen LogP contribution is 2.34. The van der Waals surface area contributed by atoms with E-state index in [2.05, 4.69) is 15.0 Å². The van der Waals surface area contributed by atoms with Gasteiger partial charge in [0.1, 0.15) is 23.5 Å². The smallest absolute Gasteiger partial charge is 0.275 e. The molecule has 0 atom stereocenters. The van der Waals surface area contributed by atoms with Crippen LogP contribution < -0.4 is 9.47 Å². The lowest BCUT2D eigenvalue weighted by Gasteiger charge is -2.31. The van der Waals surface area contributed by atoms with Gasteiger partial charge in [0.05, 0.1) is 7.11 Å². The van der Waals surface area contributed by atoms with Crippen molar-refractivity contribution in [2.45, 2.75) is 25.7 Å². The van der Waals surface area contributed by atoms with Crippen LogP contribution in [0.15, 0.2) is 47.3 Å². The van der Waals surface area contributed by atoms with Gasteiger partial charge in [-0.2, -0.15) is 0 Å². The second-order valence-corrected chi connectivity index (χ2v) is 6.85. The van der Waals surface area contributed by atoms with E-state index < -0.39 is 0 Å². The normalized spacial score (nSPS) is 14.6. The number of oxazole rings is 1. The van der Waals surface area contributed by atoms with Gasteiger partial charge in [-0.15, -0.1) is 0 Å². The number of hydrogen-bond acceptors (Lipinski definition) is 7. The predicted molar refractivity (Wildman–Crippen MR) is 104 cm³/mol. The van der Waals surface area contributed by atoms with Crippen LogP contribution in [0.25, 0.3) is 0 Å². The summed E-state index contributed by atoms with van der Waals surface area (Å²) in [6, 6.07) is 7.37. The van der Waals surface area contributed by atoms with Crippen molar-refractivity contribution >= 4 is 5.91 Å². The van der Waals surface area contributed by atoms with Gasteiger partial charge in [-0.3, -0.25) is 9.78 Å². The molecule has 8 nitrogen and oxygen atoms in total. The number of carbonyl (C=O) groups is 1. The van der Waals surface area contributed by atoms with Crippen molar-refractivity contribution in [3.63, 3.8) is 0 Å². The molecule has 0 bridgehead atoms. The van der Waals surface area contributed by atoms with Crippen molar-refractivity contribution in [1.29, 1.82) is 0 Å². The third-order valence-corrected chi connectivity index (χ3v) is 4.95. The van der Waals surface area contributed by atoms with Gasteiger partial charge in [0.15, 0.2) is 11.6 Å². The Morgan fingerprint density at radius 3 is 2.66 bits per heavy atom. The van der Waals surface area contributed by atoms with E-state index in [9.17, 15) is 4.79 Å². The van der Waals surface area contributed by atoms with Crippen LogP contribution in [0, 0.1) is 6.92 Å². The number of benzene rings is 1. The number of amides is 1. The maximum absolute atomic E-state index is 12.6. The first-order valence-electron chi connectivity index (χ1n) is 9.48. The van der Waals surface area contributed by atoms with Crippen LogP contribution in [0.3, 0.4) is 0 Å². The van der Waals surface area contributed by atoms with E-state index in [1.807, 2.05) is 18.2 Å². The predicted octanol–water partition coefficient (Wildman–Crippen LogP) is 3.59. The summed E-state index contributed by atoms with van der Waals surface area (Å²) < 4.78 is 16.4. The molecule has 0 unspecified atom stereocenters. The number of likely N-dealkylation sites (tertiary alicyclic amines) is 1. The summed E-state index contributed by atoms with van der Waals surface area (Å²) in [5.41, 5.74) is 1.15. The molecular formula is C21H22N4O4. The van der Waals surface area contributed by atoms with Gasteiger partial charge < -0.3 is 18.8 Å². The summed E-state index contributed by atoms with van der Waals surface area (Å²) in [5, 5.41) is 0. The lowest BCUT2D eigenvalue weighted by atomic mass is 9.93. The first-order valence-corrected chi connectivity index (χ1v) is 9.48. The van der Waals surface area contributed by atoms with Crippen molar-refractivity contribution in [3.05, 3.63) is 60.2 Å². The molecule has 4 rings (SSSR count). The molecule has 3 aromatic rings. The van der Waals surface area contributed by atoms with Gasteiger partial charge in [0, 0.05) is 44.4 Å². The van der Waals surface area contributed by atoms with Crippen LogP contribution in [0.5, 0.6) is 17.4 Å². The molecule has 0 radical (unpaired) electrons. The van der Waals surface area contributed by atoms with Gasteiger partial charge in [-0.1, -0.05) is 6.07 Å². The Labute approximate surface area is 168 Å². The van der Waals surface area contributed by atoms with Crippen LogP contribution in [0.4, 0.5) is 0 Å². The molecule has 1 aliphatic rings. The van der Waals surface area contributed by atoms with Crippen molar-refractivity contribution in [1.82, 2.24) is 19.9 Å². The summed E-state index contributed by atoms with van der Waals surface area (Å²) in [6.07, 6.45) is 6.24. The minimum Gasteiger partial charge on any atom is -0.497 e. The summed E-state index contributed by atoms with van der Waals surface area (Å²) in [4.78, 5) is 27.4. The molecule has 29 heavy (non-hydrogen) atoms. The Morgan fingerprint density at radius 2 is 1.93 bits per heavy atom. The molecule has 1 fully saturated rings. The van der Waals surface area contributed by atoms with Gasteiger partial charge in [0.25, 0.3) is 5.91 Å². The van der Waals surface area contributed by atoms with Crippen LogP contribution in [-0.2, 0) is 0 Å². The Kier molecular flexibility index (Phi) is 5.41. The summed E-state index contributed by atoms with van der Waals surface area (Å²) >= 11 is 0. The Balaban J connectivity index is 1.45. The topological polar surface area (TPSA) is 90.6 Å². The SMILES string of the molecule is COc1cccc(Oc2nccnc2C2CCN(C(=O)c3coc(C)n3)CC2)c1. The molecular weight excluding hydrogens is 372 g/mol. The van der Waals surface area contributed by atoms with Crippen molar-refractivity contribution < 1.29 is 18.7 Å². The number of carbonyl (C=O) groups excluding carboxylic acids is 1. The maximum Gasteiger partial charge on any atom is 0.275 e. The fraction of sp³-hybridized carbons (Fsp3) is 0.333. The van der Waals surface area contributed by atoms with E-state index in [0.29, 0.717) is 42.1 Å². The Hall–Kier alpha value is -3.42. The number of aromatic nitrogens is 3. The van der Waals surface area contributed by atoms with E-state index in [0.717, 1.165) is 18.5 Å². The molecule has 1 amide bonds. The second-order valence-electron chi connectivity index (χ2n) is 6.85. The fourth-order valence-corrected chi connectivity index (χ4v) is 3.45. The number of ether oxygens (including phenoxy) is 2. The molecule has 0 saturated carbocycles. The molecule has 0 N–H and O–H groups in total. The van der Waals surface area contributed by atoms with Crippen LogP contribution in [-0.4, -0.2) is 46.0 Å². The largest absolute Gasteiger partial charge is 0.497 e. The highest BCUT2D eigenvalue weighted by atomic mass is 16.5. The molecule has 1 saturated heterocycles. The van der Waals surface area contributed by atoms with Crippen molar-refractivity contribution in [3.8, 4) is 17.4 Å². The number of rotatable bonds is 5. The molecule has 1 aromatic carbocycles. The van der Waals surface area contributed by atoms with Crippen molar-refractivity contribution in [2.75, 3.05) is 20.2 Å². The van der Waals surface area contributed by atoms with E-state index in [1.165, 1.54) is 6.26 Å². The molecule has 150 valence electrons. The Morgan fingerprint density at radius 1 is 1.17 bits per heavy atom. The fourth-order valence-electron chi connectivity index (χ4n) is 3.45. The van der Waals surface area contributed by atoms with E-state index in [4.69, 9.17) is 13.9 Å². The summed E-state index contributed by atoms with van der Waals surface area (Å²) in [6.45, 7) is 2.95. The monoisotopic (exact) mass is 394 g/mol. The molecule has 8 heteroatoms. The number of piperidine rings is 1. The maximum atomic E-state index is 12.6. The average Bonchev–Trinajstić information content (AvgIpc) is 3.20. The van der Waals surface area contributed by atoms with Gasteiger partial charge in [-0.25, -0.2) is 9.97 Å². The molecule has 2 aromatic heterocycles. The summed E-state index contributed by atoms with van der Waals surface area (Å²) in [5.74, 6) is 2.38. The van der Waals surface area contributed by atoms with Gasteiger partial charge in [0.2, 0.25) is 5.88 Å². The van der Waals surface area contributed by atoms with Crippen LogP contribution in [0.2, 0.25) is 0 Å². The third kappa shape index (κ3) is 4.21. The highest BCUT2D eigenvalue weighted by molar-refractivity contribution is 5.92. The number of aryl methyl sites for hydroxylation is 1. The minimum atomic E-state index is -0.104. The van der Waals surface area contributed by atoms with E-state index >= 15 is 0 Å². The number of hydrogen-bond donors (Lipinski definition) is 0. The standard InChI is InChI=1S/C21H22N4O4/c1-14-24-18(13-28-14)21(26)25-10-6-15(7-11-25)19-20(23-9-8-22-19)29-17-5-3-4-16(12-17)27-2/h3-5,8-9,12-13,15H,6-7,10-11H2,1-2H3.